The van der Waals surface area contributed by atoms with E-state index in [1.165, 1.54) is 64.4 Å². The lowest BCUT2D eigenvalue weighted by Gasteiger charge is -2.67. The molecular weight excluding hydrogens is 973 g/mol. The van der Waals surface area contributed by atoms with Crippen LogP contribution in [0.25, 0.3) is 0 Å². The van der Waals surface area contributed by atoms with E-state index < -0.39 is 143 Å². The van der Waals surface area contributed by atoms with Crippen LogP contribution < -0.4 is 10.6 Å². The van der Waals surface area contributed by atoms with E-state index in [2.05, 4.69) is 20.6 Å². The highest BCUT2D eigenvalue weighted by Gasteiger charge is 2.78. The highest BCUT2D eigenvalue weighted by atomic mass is 32.2. The van der Waals surface area contributed by atoms with E-state index in [0.717, 1.165) is 25.6 Å². The number of aromatic nitrogens is 2. The molecule has 21 nitrogen and oxygen atoms in total. The van der Waals surface area contributed by atoms with Gasteiger partial charge in [-0.1, -0.05) is 74.1 Å². The molecule has 1 aromatic heterocycles. The normalized spacial score (nSPS) is 29.1. The monoisotopic (exact) mass is 1030 g/mol. The number of esters is 4. The molecule has 2 saturated carbocycles. The molecule has 3 aliphatic carbocycles. The van der Waals surface area contributed by atoms with Gasteiger partial charge in [-0.2, -0.15) is 0 Å². The van der Waals surface area contributed by atoms with Crippen molar-refractivity contribution in [2.75, 3.05) is 12.4 Å². The molecule has 0 spiro atoms. The second kappa shape index (κ2) is 21.5. The maximum atomic E-state index is 15.6. The van der Waals surface area contributed by atoms with E-state index in [-0.39, 0.29) is 46.2 Å². The Morgan fingerprint density at radius 3 is 2.12 bits per heavy atom. The fourth-order valence-electron chi connectivity index (χ4n) is 10.9. The molecule has 390 valence electrons. The van der Waals surface area contributed by atoms with Crippen LogP contribution in [0.1, 0.15) is 89.2 Å². The molecular formula is C51H58N4O17S. The first-order valence-corrected chi connectivity index (χ1v) is 24.5. The van der Waals surface area contributed by atoms with Gasteiger partial charge >= 0.3 is 29.8 Å². The van der Waals surface area contributed by atoms with Crippen molar-refractivity contribution in [1.82, 2.24) is 20.6 Å². The smallest absolute Gasteiger partial charge is 0.338 e. The number of ether oxygens (including phenoxy) is 5. The number of carboxylic acid groups (broad SMARTS) is 1. The summed E-state index contributed by atoms with van der Waals surface area (Å²) in [5.41, 5.74) is -8.04. The number of thioether (sulfide) groups is 1. The van der Waals surface area contributed by atoms with E-state index >= 15 is 4.79 Å². The largest absolute Gasteiger partial charge is 0.481 e. The van der Waals surface area contributed by atoms with Crippen LogP contribution in [0.2, 0.25) is 0 Å². The van der Waals surface area contributed by atoms with Gasteiger partial charge in [-0.05, 0) is 55.2 Å². The predicted molar refractivity (Wildman–Crippen MR) is 253 cm³/mol. The Labute approximate surface area is 423 Å². The zero-order chi connectivity index (χ0) is 53.2. The van der Waals surface area contributed by atoms with Crippen molar-refractivity contribution >= 4 is 59.2 Å². The average molecular weight is 1030 g/mol. The second-order valence-electron chi connectivity index (χ2n) is 19.4. The van der Waals surface area contributed by atoms with Gasteiger partial charge in [0.05, 0.1) is 41.4 Å². The number of aliphatic carboxylic acids is 1. The number of rotatable bonds is 17. The Balaban J connectivity index is 1.29. The third kappa shape index (κ3) is 10.5. The van der Waals surface area contributed by atoms with Crippen LogP contribution in [-0.4, -0.2) is 144 Å². The molecule has 4 aliphatic rings. The van der Waals surface area contributed by atoms with E-state index in [1.807, 2.05) is 0 Å². The van der Waals surface area contributed by atoms with Crippen LogP contribution in [0.5, 0.6) is 0 Å². The highest BCUT2D eigenvalue weighted by molar-refractivity contribution is 7.99. The topological polar surface area (TPSA) is 313 Å². The molecule has 2 aromatic carbocycles. The molecule has 73 heavy (non-hydrogen) atoms. The van der Waals surface area contributed by atoms with E-state index in [1.54, 1.807) is 42.5 Å². The standard InChI is InChI=1S/C51H58N4O17S/c1-26-32(70-46(66)39(62)38(29-14-9-7-10-15-29)55-44(64)31(18-19-36(60)61)54-35(59)24-73-47-52-20-13-21-53-47)23-51(67)43(71-45(65)30-16-11-8-12-17-30)41-49(6,33(58)22-34-50(41,25-68-34)72-28(3)57)42(63)40(69-27(2)56)37(26)48(51,4)5/h7-17,20-21,31-34,38-41,43,58,62,67H,18-19,22-25H2,1-6H3,(H,54,59)(H,55,64)(H,60,61)/t31-,32+,33+,34-,38+,39-,40-,41+,43+,49-,50+,51-/m1/s1. The van der Waals surface area contributed by atoms with Gasteiger partial charge in [0.2, 0.25) is 11.8 Å². The lowest BCUT2D eigenvalue weighted by atomic mass is 9.44. The van der Waals surface area contributed by atoms with Gasteiger partial charge in [0, 0.05) is 50.9 Å². The molecule has 12 atom stereocenters. The second-order valence-corrected chi connectivity index (χ2v) is 20.3. The van der Waals surface area contributed by atoms with E-state index in [4.69, 9.17) is 23.7 Å². The van der Waals surface area contributed by atoms with Gasteiger partial charge in [0.1, 0.15) is 30.0 Å². The van der Waals surface area contributed by atoms with Crippen molar-refractivity contribution in [3.8, 4) is 0 Å². The zero-order valence-corrected chi connectivity index (χ0v) is 41.7. The number of carbonyl (C=O) groups is 8. The predicted octanol–water partition coefficient (Wildman–Crippen LogP) is 2.35. The number of amides is 2. The number of nitrogens with one attached hydrogen (secondary N) is 2. The molecule has 2 bridgehead atoms. The van der Waals surface area contributed by atoms with Crippen molar-refractivity contribution in [3.05, 3.63) is 101 Å². The molecule has 7 rings (SSSR count). The van der Waals surface area contributed by atoms with Crippen molar-refractivity contribution in [2.45, 2.75) is 132 Å². The number of hydrogen-bond donors (Lipinski definition) is 6. The third-order valence-corrected chi connectivity index (χ3v) is 15.5. The number of ketones is 1. The molecule has 0 unspecified atom stereocenters. The first-order valence-electron chi connectivity index (χ1n) is 23.5. The zero-order valence-electron chi connectivity index (χ0n) is 40.8. The van der Waals surface area contributed by atoms with Gasteiger partial charge in [-0.3, -0.25) is 28.8 Å². The fraction of sp³-hybridized carbons (Fsp3) is 0.490. The minimum Gasteiger partial charge on any atom is -0.481 e. The molecule has 6 N–H and O–H groups in total. The highest BCUT2D eigenvalue weighted by Crippen LogP contribution is 2.64. The quantitative estimate of drug-likeness (QED) is 0.0372. The van der Waals surface area contributed by atoms with Crippen LogP contribution in [0, 0.1) is 16.7 Å². The lowest BCUT2D eigenvalue weighted by Crippen LogP contribution is -2.82. The molecule has 22 heteroatoms. The number of hydrogen-bond acceptors (Lipinski definition) is 19. The van der Waals surface area contributed by atoms with Crippen LogP contribution in [0.3, 0.4) is 0 Å². The Hall–Kier alpha value is -6.59. The van der Waals surface area contributed by atoms with Gasteiger partial charge in [-0.25, -0.2) is 19.6 Å². The van der Waals surface area contributed by atoms with Crippen LogP contribution in [0.15, 0.2) is 95.4 Å². The summed E-state index contributed by atoms with van der Waals surface area (Å²) in [5.74, 6) is -9.90. The Morgan fingerprint density at radius 1 is 0.890 bits per heavy atom. The van der Waals surface area contributed by atoms with Gasteiger partial charge in [0.25, 0.3) is 0 Å². The van der Waals surface area contributed by atoms with Crippen LogP contribution in [-0.2, 0) is 57.2 Å². The Kier molecular flexibility index (Phi) is 15.9. The summed E-state index contributed by atoms with van der Waals surface area (Å²) < 4.78 is 30.3. The molecule has 1 aliphatic heterocycles. The summed E-state index contributed by atoms with van der Waals surface area (Å²) in [6.45, 7) is 7.63. The van der Waals surface area contributed by atoms with Crippen molar-refractivity contribution in [2.24, 2.45) is 16.7 Å². The molecule has 3 fully saturated rings. The summed E-state index contributed by atoms with van der Waals surface area (Å²) in [4.78, 5) is 118. The number of Topliss-reactive ketones (excluding diaryl/α,β-unsaturated/α-hetero) is 1. The number of carbonyl (C=O) groups excluding carboxylic acids is 7. The minimum atomic E-state index is -2.49. The molecule has 2 heterocycles. The first-order chi connectivity index (χ1) is 34.5. The number of aliphatic hydroxyl groups is 3. The van der Waals surface area contributed by atoms with Crippen LogP contribution >= 0.6 is 11.8 Å². The molecule has 0 radical (unpaired) electrons. The first kappa shape index (κ1) is 54.2. The summed E-state index contributed by atoms with van der Waals surface area (Å²) in [5, 5.41) is 52.8. The van der Waals surface area contributed by atoms with Crippen LogP contribution in [0.4, 0.5) is 0 Å². The summed E-state index contributed by atoms with van der Waals surface area (Å²) in [7, 11) is 0. The average Bonchev–Trinajstić information content (AvgIpc) is 3.34. The number of fused-ring (bicyclic) bond motifs is 5. The lowest BCUT2D eigenvalue weighted by molar-refractivity contribution is -0.346. The minimum absolute atomic E-state index is 0.0179. The summed E-state index contributed by atoms with van der Waals surface area (Å²) >= 11 is 0.957. The van der Waals surface area contributed by atoms with Crippen molar-refractivity contribution < 1.29 is 82.5 Å². The van der Waals surface area contributed by atoms with Crippen molar-refractivity contribution in [3.63, 3.8) is 0 Å². The van der Waals surface area contributed by atoms with E-state index in [0.29, 0.717) is 0 Å². The summed E-state index contributed by atoms with van der Waals surface area (Å²) in [6, 6.07) is 13.8. The molecule has 3 aromatic rings. The van der Waals surface area contributed by atoms with E-state index in [9.17, 15) is 54.0 Å². The fourth-order valence-corrected chi connectivity index (χ4v) is 11.5. The van der Waals surface area contributed by atoms with Gasteiger partial charge in [0.15, 0.2) is 28.7 Å². The SMILES string of the molecule is CC(=O)O[C@H]1C(=O)[C@@]2(C)[C@H]([C@H](OC(=O)c3ccccc3)[C@]3(O)C[C@H](OC(=O)[C@H](O)[C@@H](NC(=O)[C@@H](CCC(=O)O)NC(=O)CSc4ncccn4)c4ccccc4)C(C)=C1C3(C)C)[C@]1(OC(C)=O)CO[C@@H]1C[C@@H]2O. The summed E-state index contributed by atoms with van der Waals surface area (Å²) in [6.07, 6.45) is -9.35. The number of benzene rings is 2. The van der Waals surface area contributed by atoms with Crippen molar-refractivity contribution in [1.29, 1.82) is 0 Å². The number of aliphatic hydroxyl groups excluding tert-OH is 2. The van der Waals surface area contributed by atoms with Gasteiger partial charge < -0.3 is 54.7 Å². The maximum absolute atomic E-state index is 15.6. The third-order valence-electron chi connectivity index (χ3n) is 14.6. The Morgan fingerprint density at radius 2 is 1.53 bits per heavy atom. The molecule has 1 saturated heterocycles. The Bertz CT molecular complexity index is 2660. The maximum Gasteiger partial charge on any atom is 0.338 e. The molecule has 2 amide bonds. The number of carboxylic acids is 1. The number of nitrogens with zero attached hydrogens (tertiary/aromatic N) is 2. The van der Waals surface area contributed by atoms with Gasteiger partial charge in [-0.15, -0.1) is 0 Å².